The lowest BCUT2D eigenvalue weighted by Gasteiger charge is -2.39. The highest BCUT2D eigenvalue weighted by Gasteiger charge is 2.47. The van der Waals surface area contributed by atoms with Crippen LogP contribution in [0.2, 0.25) is 0 Å². The minimum atomic E-state index is -0.732. The quantitative estimate of drug-likeness (QED) is 0.596. The number of carboxylic acids is 1. The maximum absolute atomic E-state index is 11.0. The number of carboxylic acid groups (broad SMARTS) is 1. The number of carbonyl (C=O) groups is 1. The first kappa shape index (κ1) is 8.97. The fraction of sp³-hybridized carbons (Fsp3) is 0.889. The third-order valence-corrected chi connectivity index (χ3v) is 3.60. The van der Waals surface area contributed by atoms with Crippen LogP contribution in [-0.2, 0) is 4.79 Å². The third-order valence-electron chi connectivity index (χ3n) is 3.60. The summed E-state index contributed by atoms with van der Waals surface area (Å²) < 4.78 is 0. The van der Waals surface area contributed by atoms with Crippen molar-refractivity contribution in [2.45, 2.75) is 37.4 Å². The maximum atomic E-state index is 11.0. The van der Waals surface area contributed by atoms with Gasteiger partial charge in [-0.1, -0.05) is 0 Å². The Bertz CT molecular complexity index is 232. The Hall–Kier alpha value is -0.610. The first-order chi connectivity index (χ1) is 6.11. The summed E-state index contributed by atoms with van der Waals surface area (Å²) in [4.78, 5) is 13.2. The van der Waals surface area contributed by atoms with Gasteiger partial charge in [-0.05, 0) is 26.3 Å². The zero-order valence-electron chi connectivity index (χ0n) is 7.81. The van der Waals surface area contributed by atoms with Crippen LogP contribution in [0.4, 0.5) is 0 Å². The first-order valence-electron chi connectivity index (χ1n) is 4.81. The lowest BCUT2D eigenvalue weighted by atomic mass is 9.86. The molecule has 4 atom stereocenters. The van der Waals surface area contributed by atoms with Gasteiger partial charge in [-0.2, -0.15) is 0 Å². The van der Waals surface area contributed by atoms with Gasteiger partial charge in [0.15, 0.2) is 0 Å². The van der Waals surface area contributed by atoms with Crippen LogP contribution in [0.25, 0.3) is 0 Å². The van der Waals surface area contributed by atoms with E-state index in [0.29, 0.717) is 6.04 Å². The predicted molar refractivity (Wildman–Crippen MR) is 48.3 cm³/mol. The highest BCUT2D eigenvalue weighted by molar-refractivity contribution is 5.72. The summed E-state index contributed by atoms with van der Waals surface area (Å²) in [6.07, 6.45) is 2.94. The molecule has 0 aromatic rings. The van der Waals surface area contributed by atoms with Crippen molar-refractivity contribution in [1.82, 2.24) is 4.90 Å². The van der Waals surface area contributed by atoms with Crippen molar-refractivity contribution in [3.63, 3.8) is 0 Å². The van der Waals surface area contributed by atoms with Crippen molar-refractivity contribution in [2.24, 2.45) is 11.7 Å². The van der Waals surface area contributed by atoms with E-state index in [1.165, 1.54) is 0 Å². The monoisotopic (exact) mass is 184 g/mol. The summed E-state index contributed by atoms with van der Waals surface area (Å²) in [5.41, 5.74) is 5.86. The van der Waals surface area contributed by atoms with Gasteiger partial charge in [0.05, 0.1) is 5.92 Å². The second-order valence-electron chi connectivity index (χ2n) is 4.23. The van der Waals surface area contributed by atoms with Gasteiger partial charge < -0.3 is 10.8 Å². The number of nitrogens with zero attached hydrogens (tertiary/aromatic N) is 1. The van der Waals surface area contributed by atoms with Crippen LogP contribution in [0.15, 0.2) is 0 Å². The van der Waals surface area contributed by atoms with E-state index in [0.717, 1.165) is 19.3 Å². The molecule has 2 bridgehead atoms. The van der Waals surface area contributed by atoms with Crippen LogP contribution < -0.4 is 5.73 Å². The Morgan fingerprint density at radius 2 is 2.23 bits per heavy atom. The molecule has 4 unspecified atom stereocenters. The summed E-state index contributed by atoms with van der Waals surface area (Å²) in [6, 6.07) is 0.549. The van der Waals surface area contributed by atoms with Gasteiger partial charge in [0.2, 0.25) is 0 Å². The molecule has 2 rings (SSSR count). The number of nitrogens with two attached hydrogens (primary N) is 1. The third kappa shape index (κ3) is 1.25. The molecule has 2 fully saturated rings. The molecule has 0 radical (unpaired) electrons. The summed E-state index contributed by atoms with van der Waals surface area (Å²) in [5, 5.41) is 9.04. The first-order valence-corrected chi connectivity index (χ1v) is 4.81. The highest BCUT2D eigenvalue weighted by atomic mass is 16.4. The van der Waals surface area contributed by atoms with Crippen LogP contribution in [0.3, 0.4) is 0 Å². The van der Waals surface area contributed by atoms with Crippen LogP contribution in [-0.4, -0.2) is 41.1 Å². The molecule has 0 amide bonds. The van der Waals surface area contributed by atoms with Crippen LogP contribution in [0.5, 0.6) is 0 Å². The van der Waals surface area contributed by atoms with Crippen molar-refractivity contribution in [3.8, 4) is 0 Å². The van der Waals surface area contributed by atoms with Crippen LogP contribution >= 0.6 is 0 Å². The number of fused-ring (bicyclic) bond motifs is 2. The second kappa shape index (κ2) is 2.96. The molecule has 0 aromatic heterocycles. The van der Waals surface area contributed by atoms with Crippen molar-refractivity contribution in [1.29, 1.82) is 0 Å². The van der Waals surface area contributed by atoms with E-state index in [4.69, 9.17) is 10.8 Å². The van der Waals surface area contributed by atoms with E-state index in [-0.39, 0.29) is 18.0 Å². The average molecular weight is 184 g/mol. The molecule has 13 heavy (non-hydrogen) atoms. The van der Waals surface area contributed by atoms with Crippen molar-refractivity contribution >= 4 is 5.97 Å². The molecule has 2 aliphatic heterocycles. The molecule has 2 saturated heterocycles. The summed E-state index contributed by atoms with van der Waals surface area (Å²) >= 11 is 0. The van der Waals surface area contributed by atoms with Crippen molar-refractivity contribution in [2.75, 3.05) is 7.05 Å². The minimum Gasteiger partial charge on any atom is -0.481 e. The minimum absolute atomic E-state index is 0.147. The van der Waals surface area contributed by atoms with Gasteiger partial charge in [-0.3, -0.25) is 9.69 Å². The van der Waals surface area contributed by atoms with Crippen molar-refractivity contribution in [3.05, 3.63) is 0 Å². The Balaban J connectivity index is 2.21. The zero-order chi connectivity index (χ0) is 9.59. The number of piperidine rings is 1. The van der Waals surface area contributed by atoms with Gasteiger partial charge in [0, 0.05) is 18.1 Å². The Kier molecular flexibility index (Phi) is 2.04. The van der Waals surface area contributed by atoms with E-state index < -0.39 is 5.97 Å². The SMILES string of the molecule is CN1C2CCC1C(C(=O)O)C(N)C2. The van der Waals surface area contributed by atoms with E-state index in [2.05, 4.69) is 4.90 Å². The molecule has 2 aliphatic rings. The molecule has 4 heteroatoms. The summed E-state index contributed by atoms with van der Waals surface area (Å²) in [7, 11) is 2.02. The van der Waals surface area contributed by atoms with Gasteiger partial charge in [0.25, 0.3) is 0 Å². The Morgan fingerprint density at radius 3 is 2.85 bits per heavy atom. The molecular weight excluding hydrogens is 168 g/mol. The molecule has 3 N–H and O–H groups in total. The van der Waals surface area contributed by atoms with Crippen LogP contribution in [0.1, 0.15) is 19.3 Å². The van der Waals surface area contributed by atoms with E-state index in [9.17, 15) is 4.79 Å². The van der Waals surface area contributed by atoms with Gasteiger partial charge in [-0.25, -0.2) is 0 Å². The zero-order valence-corrected chi connectivity index (χ0v) is 7.81. The van der Waals surface area contributed by atoms with Crippen molar-refractivity contribution < 1.29 is 9.90 Å². The van der Waals surface area contributed by atoms with E-state index in [1.54, 1.807) is 0 Å². The smallest absolute Gasteiger partial charge is 0.309 e. The lowest BCUT2D eigenvalue weighted by molar-refractivity contribution is -0.146. The molecule has 74 valence electrons. The van der Waals surface area contributed by atoms with E-state index >= 15 is 0 Å². The topological polar surface area (TPSA) is 66.6 Å². The predicted octanol–water partition coefficient (Wildman–Crippen LogP) is -0.119. The average Bonchev–Trinajstić information content (AvgIpc) is 2.34. The lowest BCUT2D eigenvalue weighted by Crippen LogP contribution is -2.55. The fourth-order valence-electron chi connectivity index (χ4n) is 2.85. The van der Waals surface area contributed by atoms with Gasteiger partial charge >= 0.3 is 5.97 Å². The van der Waals surface area contributed by atoms with Crippen LogP contribution in [0, 0.1) is 5.92 Å². The largest absolute Gasteiger partial charge is 0.481 e. The maximum Gasteiger partial charge on any atom is 0.309 e. The summed E-state index contributed by atoms with van der Waals surface area (Å²) in [6.45, 7) is 0. The standard InChI is InChI=1S/C9H16N2O2/c1-11-5-2-3-7(11)8(9(12)13)6(10)4-5/h5-8H,2-4,10H2,1H3,(H,12,13). The number of hydrogen-bond donors (Lipinski definition) is 2. The molecule has 2 heterocycles. The number of hydrogen-bond acceptors (Lipinski definition) is 3. The Labute approximate surface area is 77.7 Å². The molecule has 0 saturated carbocycles. The van der Waals surface area contributed by atoms with Gasteiger partial charge in [-0.15, -0.1) is 0 Å². The number of aliphatic carboxylic acids is 1. The normalized spacial score (nSPS) is 45.1. The number of rotatable bonds is 1. The van der Waals surface area contributed by atoms with E-state index in [1.807, 2.05) is 7.05 Å². The molecule has 4 nitrogen and oxygen atoms in total. The highest BCUT2D eigenvalue weighted by Crippen LogP contribution is 2.37. The second-order valence-corrected chi connectivity index (χ2v) is 4.23. The van der Waals surface area contributed by atoms with Gasteiger partial charge in [0.1, 0.15) is 0 Å². The molecular formula is C9H16N2O2. The Morgan fingerprint density at radius 1 is 1.54 bits per heavy atom. The summed E-state index contributed by atoms with van der Waals surface area (Å²) in [5.74, 6) is -1.09. The molecule has 0 aromatic carbocycles. The molecule has 0 spiro atoms. The molecule has 0 aliphatic carbocycles. The fourth-order valence-corrected chi connectivity index (χ4v) is 2.85.